The van der Waals surface area contributed by atoms with Crippen molar-refractivity contribution in [3.63, 3.8) is 0 Å². The van der Waals surface area contributed by atoms with Gasteiger partial charge in [-0.1, -0.05) is 6.92 Å². The Bertz CT molecular complexity index is 308. The van der Waals surface area contributed by atoms with Gasteiger partial charge in [-0.05, 0) is 24.9 Å². The summed E-state index contributed by atoms with van der Waals surface area (Å²) in [6.07, 6.45) is 1.63. The average Bonchev–Trinajstić information content (AvgIpc) is 2.60. The lowest BCUT2D eigenvalue weighted by Gasteiger charge is -2.09. The molecule has 78 valence electrons. The van der Waals surface area contributed by atoms with E-state index in [-0.39, 0.29) is 5.91 Å². The van der Waals surface area contributed by atoms with Crippen molar-refractivity contribution >= 4 is 5.91 Å². The van der Waals surface area contributed by atoms with Crippen LogP contribution in [0.4, 0.5) is 0 Å². The van der Waals surface area contributed by atoms with Gasteiger partial charge in [-0.3, -0.25) is 9.89 Å². The van der Waals surface area contributed by atoms with Crippen molar-refractivity contribution in [2.24, 2.45) is 11.7 Å². The molecule has 1 aromatic rings. The van der Waals surface area contributed by atoms with Gasteiger partial charge in [0.15, 0.2) is 0 Å². The molecule has 0 saturated carbocycles. The number of aryl methyl sites for hydroxylation is 1. The minimum Gasteiger partial charge on any atom is -0.350 e. The molecule has 0 saturated heterocycles. The second-order valence-electron chi connectivity index (χ2n) is 3.48. The van der Waals surface area contributed by atoms with Crippen molar-refractivity contribution in [1.82, 2.24) is 15.5 Å². The average molecular weight is 196 g/mol. The maximum atomic E-state index is 11.5. The fraction of sp³-hybridized carbons (Fsp3) is 0.556. The normalized spacial score (nSPS) is 12.5. The van der Waals surface area contributed by atoms with Crippen LogP contribution in [0.3, 0.4) is 0 Å². The van der Waals surface area contributed by atoms with Gasteiger partial charge in [-0.25, -0.2) is 0 Å². The van der Waals surface area contributed by atoms with E-state index in [4.69, 9.17) is 5.73 Å². The number of nitrogens with one attached hydrogen (secondary N) is 2. The van der Waals surface area contributed by atoms with E-state index in [0.717, 1.165) is 5.56 Å². The molecule has 5 heteroatoms. The number of carbonyl (C=O) groups is 1. The maximum absolute atomic E-state index is 11.5. The van der Waals surface area contributed by atoms with Crippen LogP contribution < -0.4 is 11.1 Å². The first-order chi connectivity index (χ1) is 6.65. The van der Waals surface area contributed by atoms with Crippen LogP contribution in [0.25, 0.3) is 0 Å². The van der Waals surface area contributed by atoms with E-state index in [9.17, 15) is 4.79 Å². The van der Waals surface area contributed by atoms with Crippen molar-refractivity contribution in [2.75, 3.05) is 13.1 Å². The molecule has 14 heavy (non-hydrogen) atoms. The van der Waals surface area contributed by atoms with E-state index in [1.165, 1.54) is 0 Å². The summed E-state index contributed by atoms with van der Waals surface area (Å²) in [4.78, 5) is 11.5. The molecule has 0 spiro atoms. The van der Waals surface area contributed by atoms with E-state index in [2.05, 4.69) is 15.5 Å². The molecular weight excluding hydrogens is 180 g/mol. The van der Waals surface area contributed by atoms with E-state index in [1.807, 2.05) is 13.8 Å². The Labute approximate surface area is 83.1 Å². The number of carbonyl (C=O) groups excluding carboxylic acids is 1. The topological polar surface area (TPSA) is 83.8 Å². The predicted molar refractivity (Wildman–Crippen MR) is 53.9 cm³/mol. The molecule has 1 unspecified atom stereocenters. The minimum atomic E-state index is -0.125. The van der Waals surface area contributed by atoms with Gasteiger partial charge >= 0.3 is 0 Å². The van der Waals surface area contributed by atoms with Crippen molar-refractivity contribution < 1.29 is 4.79 Å². The summed E-state index contributed by atoms with van der Waals surface area (Å²) in [6, 6.07) is 0. The molecule has 0 radical (unpaired) electrons. The number of nitrogens with zero attached hydrogens (tertiary/aromatic N) is 1. The highest BCUT2D eigenvalue weighted by molar-refractivity contribution is 5.93. The van der Waals surface area contributed by atoms with Gasteiger partial charge in [0.1, 0.15) is 5.69 Å². The van der Waals surface area contributed by atoms with Gasteiger partial charge < -0.3 is 11.1 Å². The number of hydrogen-bond acceptors (Lipinski definition) is 3. The Kier molecular flexibility index (Phi) is 3.64. The number of H-pyrrole nitrogens is 1. The predicted octanol–water partition coefficient (Wildman–Crippen LogP) is 0.0427. The van der Waals surface area contributed by atoms with Crippen molar-refractivity contribution in [3.8, 4) is 0 Å². The minimum absolute atomic E-state index is 0.125. The van der Waals surface area contributed by atoms with Crippen molar-refractivity contribution in [1.29, 1.82) is 0 Å². The molecule has 1 heterocycles. The summed E-state index contributed by atoms with van der Waals surface area (Å²) < 4.78 is 0. The summed E-state index contributed by atoms with van der Waals surface area (Å²) in [7, 11) is 0. The first-order valence-electron chi connectivity index (χ1n) is 4.63. The fourth-order valence-corrected chi connectivity index (χ4v) is 1.01. The quantitative estimate of drug-likeness (QED) is 0.636. The van der Waals surface area contributed by atoms with Crippen molar-refractivity contribution in [2.45, 2.75) is 13.8 Å². The number of amides is 1. The summed E-state index contributed by atoms with van der Waals surface area (Å²) in [5.74, 6) is 0.169. The highest BCUT2D eigenvalue weighted by atomic mass is 16.1. The molecule has 1 atom stereocenters. The van der Waals surface area contributed by atoms with Crippen LogP contribution in [0.15, 0.2) is 6.20 Å². The third-order valence-electron chi connectivity index (χ3n) is 2.07. The second kappa shape index (κ2) is 4.76. The van der Waals surface area contributed by atoms with Crippen LogP contribution in [0, 0.1) is 12.8 Å². The highest BCUT2D eigenvalue weighted by Gasteiger charge is 2.10. The maximum Gasteiger partial charge on any atom is 0.269 e. The number of aromatic amines is 1. The largest absolute Gasteiger partial charge is 0.350 e. The van der Waals surface area contributed by atoms with Crippen LogP contribution in [-0.2, 0) is 0 Å². The zero-order chi connectivity index (χ0) is 10.6. The van der Waals surface area contributed by atoms with Gasteiger partial charge in [0, 0.05) is 6.54 Å². The lowest BCUT2D eigenvalue weighted by Crippen LogP contribution is -2.31. The molecule has 0 aliphatic heterocycles. The van der Waals surface area contributed by atoms with Gasteiger partial charge in [-0.2, -0.15) is 5.10 Å². The Morgan fingerprint density at radius 3 is 3.00 bits per heavy atom. The highest BCUT2D eigenvalue weighted by Crippen LogP contribution is 2.01. The standard InChI is InChI=1S/C9H16N4O/c1-6(3-10)4-11-9(14)8-7(2)5-12-13-8/h5-6H,3-4,10H2,1-2H3,(H,11,14)(H,12,13). The lowest BCUT2D eigenvalue weighted by atomic mass is 10.2. The van der Waals surface area contributed by atoms with Crippen LogP contribution >= 0.6 is 0 Å². The molecule has 0 aliphatic carbocycles. The third kappa shape index (κ3) is 2.56. The summed E-state index contributed by atoms with van der Waals surface area (Å²) >= 11 is 0. The molecule has 0 aliphatic rings. The Balaban J connectivity index is 2.47. The second-order valence-corrected chi connectivity index (χ2v) is 3.48. The zero-order valence-corrected chi connectivity index (χ0v) is 8.50. The zero-order valence-electron chi connectivity index (χ0n) is 8.50. The number of nitrogens with two attached hydrogens (primary N) is 1. The molecule has 0 bridgehead atoms. The van der Waals surface area contributed by atoms with Crippen LogP contribution in [0.1, 0.15) is 23.0 Å². The van der Waals surface area contributed by atoms with E-state index in [0.29, 0.717) is 24.7 Å². The van der Waals surface area contributed by atoms with Gasteiger partial charge in [0.05, 0.1) is 6.20 Å². The smallest absolute Gasteiger partial charge is 0.269 e. The lowest BCUT2D eigenvalue weighted by molar-refractivity contribution is 0.0943. The molecular formula is C9H16N4O. The monoisotopic (exact) mass is 196 g/mol. The summed E-state index contributed by atoms with van der Waals surface area (Å²) in [5, 5.41) is 9.22. The van der Waals surface area contributed by atoms with Gasteiger partial charge in [0.25, 0.3) is 5.91 Å². The third-order valence-corrected chi connectivity index (χ3v) is 2.07. The molecule has 0 aromatic carbocycles. The van der Waals surface area contributed by atoms with Crippen molar-refractivity contribution in [3.05, 3.63) is 17.5 Å². The molecule has 1 rings (SSSR count). The number of aromatic nitrogens is 2. The SMILES string of the molecule is Cc1cn[nH]c1C(=O)NCC(C)CN. The molecule has 5 nitrogen and oxygen atoms in total. The molecule has 4 N–H and O–H groups in total. The number of hydrogen-bond donors (Lipinski definition) is 3. The Morgan fingerprint density at radius 2 is 2.50 bits per heavy atom. The van der Waals surface area contributed by atoms with Gasteiger partial charge in [0.2, 0.25) is 0 Å². The summed E-state index contributed by atoms with van der Waals surface area (Å²) in [6.45, 7) is 4.99. The first kappa shape index (κ1) is 10.7. The van der Waals surface area contributed by atoms with E-state index >= 15 is 0 Å². The molecule has 1 aromatic heterocycles. The van der Waals surface area contributed by atoms with Gasteiger partial charge in [-0.15, -0.1) is 0 Å². The summed E-state index contributed by atoms with van der Waals surface area (Å²) in [5.41, 5.74) is 6.81. The molecule has 0 fully saturated rings. The molecule has 1 amide bonds. The van der Waals surface area contributed by atoms with Crippen LogP contribution in [-0.4, -0.2) is 29.2 Å². The number of rotatable bonds is 4. The van der Waals surface area contributed by atoms with Crippen LogP contribution in [0.2, 0.25) is 0 Å². The first-order valence-corrected chi connectivity index (χ1v) is 4.63. The Hall–Kier alpha value is -1.36. The Morgan fingerprint density at radius 1 is 1.79 bits per heavy atom. The van der Waals surface area contributed by atoms with E-state index in [1.54, 1.807) is 6.20 Å². The van der Waals surface area contributed by atoms with E-state index < -0.39 is 0 Å². The fourth-order valence-electron chi connectivity index (χ4n) is 1.01. The van der Waals surface area contributed by atoms with Crippen LogP contribution in [0.5, 0.6) is 0 Å².